The van der Waals surface area contributed by atoms with Crippen LogP contribution in [0.25, 0.3) is 0 Å². The molecule has 0 fully saturated rings. The normalized spacial score (nSPS) is 10.7. The van der Waals surface area contributed by atoms with E-state index in [1.165, 1.54) is 16.7 Å². The zero-order chi connectivity index (χ0) is 15.4. The lowest BCUT2D eigenvalue weighted by molar-refractivity contribution is 0.872. The van der Waals surface area contributed by atoms with E-state index in [1.807, 2.05) is 13.2 Å². The molecule has 0 aromatic carbocycles. The van der Waals surface area contributed by atoms with E-state index in [4.69, 9.17) is 5.73 Å². The number of nitrogens with one attached hydrogen (secondary N) is 1. The molecule has 0 bridgehead atoms. The van der Waals surface area contributed by atoms with E-state index in [0.29, 0.717) is 5.95 Å². The number of nitrogen functional groups attached to an aromatic ring is 1. The third-order valence-electron chi connectivity index (χ3n) is 3.88. The van der Waals surface area contributed by atoms with Gasteiger partial charge in [0, 0.05) is 30.7 Å². The van der Waals surface area contributed by atoms with Crippen LogP contribution in [0.5, 0.6) is 0 Å². The molecule has 0 aliphatic heterocycles. The molecule has 21 heavy (non-hydrogen) atoms. The summed E-state index contributed by atoms with van der Waals surface area (Å²) in [5.74, 6) is 1.09. The van der Waals surface area contributed by atoms with Gasteiger partial charge >= 0.3 is 0 Å². The molecule has 0 spiro atoms. The zero-order valence-corrected chi connectivity index (χ0v) is 13.2. The number of anilines is 2. The first kappa shape index (κ1) is 15.2. The van der Waals surface area contributed by atoms with Gasteiger partial charge in [0.1, 0.15) is 5.82 Å². The van der Waals surface area contributed by atoms with Gasteiger partial charge in [0.15, 0.2) is 0 Å². The Hall–Kier alpha value is -2.17. The summed E-state index contributed by atoms with van der Waals surface area (Å²) in [6.45, 7) is 6.47. The van der Waals surface area contributed by atoms with Crippen LogP contribution in [-0.4, -0.2) is 22.0 Å². The van der Waals surface area contributed by atoms with E-state index < -0.39 is 0 Å². The topological polar surface area (TPSA) is 76.7 Å². The van der Waals surface area contributed by atoms with Crippen LogP contribution in [-0.2, 0) is 19.3 Å². The van der Waals surface area contributed by atoms with Crippen molar-refractivity contribution < 1.29 is 0 Å². The number of pyridine rings is 1. The van der Waals surface area contributed by atoms with Gasteiger partial charge in [0.05, 0.1) is 0 Å². The average molecular weight is 285 g/mol. The number of aryl methyl sites for hydroxylation is 3. The molecule has 5 nitrogen and oxygen atoms in total. The van der Waals surface area contributed by atoms with Gasteiger partial charge in [-0.05, 0) is 49.8 Å². The van der Waals surface area contributed by atoms with Crippen molar-refractivity contribution in [1.29, 1.82) is 0 Å². The van der Waals surface area contributed by atoms with Crippen molar-refractivity contribution in [1.82, 2.24) is 15.0 Å². The third-order valence-corrected chi connectivity index (χ3v) is 3.88. The summed E-state index contributed by atoms with van der Waals surface area (Å²) in [5, 5.41) is 3.07. The highest BCUT2D eigenvalue weighted by Crippen LogP contribution is 2.20. The number of nitrogens with zero attached hydrogens (tertiary/aromatic N) is 3. The Bertz CT molecular complexity index is 637. The van der Waals surface area contributed by atoms with Gasteiger partial charge in [0.2, 0.25) is 5.95 Å². The highest BCUT2D eigenvalue weighted by molar-refractivity contribution is 5.46. The van der Waals surface area contributed by atoms with E-state index in [1.54, 1.807) is 6.20 Å². The molecule has 112 valence electrons. The summed E-state index contributed by atoms with van der Waals surface area (Å²) in [4.78, 5) is 12.9. The van der Waals surface area contributed by atoms with Crippen molar-refractivity contribution >= 4 is 11.8 Å². The fourth-order valence-corrected chi connectivity index (χ4v) is 2.69. The number of nitrogens with two attached hydrogens (primary N) is 1. The lowest BCUT2D eigenvalue weighted by atomic mass is 9.98. The molecular formula is C16H23N5. The van der Waals surface area contributed by atoms with Crippen molar-refractivity contribution in [3.05, 3.63) is 40.3 Å². The molecule has 2 rings (SSSR count). The molecule has 0 amide bonds. The second kappa shape index (κ2) is 6.52. The minimum absolute atomic E-state index is 0.293. The fourth-order valence-electron chi connectivity index (χ4n) is 2.69. The van der Waals surface area contributed by atoms with Gasteiger partial charge in [-0.2, -0.15) is 4.98 Å². The second-order valence-corrected chi connectivity index (χ2v) is 5.20. The molecule has 2 aromatic rings. The maximum atomic E-state index is 5.61. The van der Waals surface area contributed by atoms with Gasteiger partial charge in [-0.15, -0.1) is 0 Å². The van der Waals surface area contributed by atoms with Gasteiger partial charge in [-0.25, -0.2) is 4.98 Å². The number of rotatable bonds is 5. The van der Waals surface area contributed by atoms with Crippen LogP contribution in [0.2, 0.25) is 0 Å². The molecule has 3 N–H and O–H groups in total. The summed E-state index contributed by atoms with van der Waals surface area (Å²) in [6.07, 6.45) is 6.52. The predicted octanol–water partition coefficient (Wildman–Crippen LogP) is 2.46. The van der Waals surface area contributed by atoms with E-state index in [2.05, 4.69) is 41.0 Å². The molecular weight excluding hydrogens is 262 g/mol. The Labute approximate surface area is 126 Å². The summed E-state index contributed by atoms with van der Waals surface area (Å²) >= 11 is 0. The van der Waals surface area contributed by atoms with E-state index in [-0.39, 0.29) is 0 Å². The first-order chi connectivity index (χ1) is 10.1. The van der Waals surface area contributed by atoms with Crippen molar-refractivity contribution in [2.24, 2.45) is 0 Å². The van der Waals surface area contributed by atoms with E-state index in [9.17, 15) is 0 Å². The summed E-state index contributed by atoms with van der Waals surface area (Å²) in [6, 6.07) is 0. The predicted molar refractivity (Wildman–Crippen MR) is 86.5 cm³/mol. The molecule has 0 aliphatic rings. The monoisotopic (exact) mass is 285 g/mol. The highest BCUT2D eigenvalue weighted by atomic mass is 15.1. The standard InChI is InChI=1S/C16H23N5/c1-5-13-10(2)8-19-14(11(13)3)7-6-12-9-20-16(17)21-15(12)18-4/h8-9H,5-7H2,1-4H3,(H3,17,18,20,21). The van der Waals surface area contributed by atoms with Crippen LogP contribution in [0.15, 0.2) is 12.4 Å². The largest absolute Gasteiger partial charge is 0.373 e. The third kappa shape index (κ3) is 3.29. The average Bonchev–Trinajstić information content (AvgIpc) is 2.48. The summed E-state index contributed by atoms with van der Waals surface area (Å²) < 4.78 is 0. The lowest BCUT2D eigenvalue weighted by Crippen LogP contribution is -2.07. The molecule has 0 unspecified atom stereocenters. The van der Waals surface area contributed by atoms with E-state index >= 15 is 0 Å². The summed E-state index contributed by atoms with van der Waals surface area (Å²) in [5.41, 5.74) is 11.8. The maximum absolute atomic E-state index is 5.61. The number of aromatic nitrogens is 3. The molecule has 0 atom stereocenters. The minimum atomic E-state index is 0.293. The Morgan fingerprint density at radius 1 is 1.14 bits per heavy atom. The Morgan fingerprint density at radius 2 is 1.90 bits per heavy atom. The maximum Gasteiger partial charge on any atom is 0.221 e. The molecule has 5 heteroatoms. The SMILES string of the molecule is CCc1c(C)cnc(CCc2cnc(N)nc2NC)c1C. The molecule has 0 saturated heterocycles. The van der Waals surface area contributed by atoms with Crippen molar-refractivity contribution in [2.45, 2.75) is 40.0 Å². The zero-order valence-electron chi connectivity index (χ0n) is 13.2. The van der Waals surface area contributed by atoms with Gasteiger partial charge in [-0.1, -0.05) is 6.92 Å². The lowest BCUT2D eigenvalue weighted by Gasteiger charge is -2.13. The van der Waals surface area contributed by atoms with Crippen molar-refractivity contribution in [3.63, 3.8) is 0 Å². The first-order valence-corrected chi connectivity index (χ1v) is 7.29. The minimum Gasteiger partial charge on any atom is -0.373 e. The number of hydrogen-bond donors (Lipinski definition) is 2. The fraction of sp³-hybridized carbons (Fsp3) is 0.438. The van der Waals surface area contributed by atoms with Crippen LogP contribution in [0, 0.1) is 13.8 Å². The van der Waals surface area contributed by atoms with E-state index in [0.717, 1.165) is 36.3 Å². The van der Waals surface area contributed by atoms with Crippen LogP contribution in [0.1, 0.15) is 34.9 Å². The molecule has 0 radical (unpaired) electrons. The van der Waals surface area contributed by atoms with Gasteiger partial charge in [-0.3, -0.25) is 4.98 Å². The van der Waals surface area contributed by atoms with Crippen LogP contribution >= 0.6 is 0 Å². The van der Waals surface area contributed by atoms with Crippen LogP contribution < -0.4 is 11.1 Å². The van der Waals surface area contributed by atoms with Crippen molar-refractivity contribution in [2.75, 3.05) is 18.1 Å². The highest BCUT2D eigenvalue weighted by Gasteiger charge is 2.10. The Morgan fingerprint density at radius 3 is 2.57 bits per heavy atom. The first-order valence-electron chi connectivity index (χ1n) is 7.29. The smallest absolute Gasteiger partial charge is 0.221 e. The second-order valence-electron chi connectivity index (χ2n) is 5.20. The molecule has 2 heterocycles. The molecule has 0 saturated carbocycles. The quantitative estimate of drug-likeness (QED) is 0.882. The van der Waals surface area contributed by atoms with Gasteiger partial charge < -0.3 is 11.1 Å². The molecule has 2 aromatic heterocycles. The number of hydrogen-bond acceptors (Lipinski definition) is 5. The van der Waals surface area contributed by atoms with Crippen LogP contribution in [0.4, 0.5) is 11.8 Å². The van der Waals surface area contributed by atoms with Crippen molar-refractivity contribution in [3.8, 4) is 0 Å². The molecule has 0 aliphatic carbocycles. The summed E-state index contributed by atoms with van der Waals surface area (Å²) in [7, 11) is 1.84. The Kier molecular flexibility index (Phi) is 4.73. The van der Waals surface area contributed by atoms with Crippen LogP contribution in [0.3, 0.4) is 0 Å². The Balaban J connectivity index is 2.21. The van der Waals surface area contributed by atoms with Gasteiger partial charge in [0.25, 0.3) is 0 Å².